The maximum Gasteiger partial charge on any atom is 0.158 e. The molecule has 0 aliphatic heterocycles. The molecular formula is C16H21IrN2O4-. The molecule has 1 heterocycles. The molecule has 0 fully saturated rings. The van der Waals surface area contributed by atoms with Crippen molar-refractivity contribution in [2.75, 3.05) is 14.2 Å². The van der Waals surface area contributed by atoms with Crippen LogP contribution in [-0.2, 0) is 29.6 Å². The molecule has 6 nitrogen and oxygen atoms in total. The van der Waals surface area contributed by atoms with Crippen LogP contribution in [0.25, 0.3) is 11.3 Å². The molecule has 2 atom stereocenters. The maximum absolute atomic E-state index is 8.70. The van der Waals surface area contributed by atoms with Crippen LogP contribution in [0.1, 0.15) is 12.1 Å². The van der Waals surface area contributed by atoms with E-state index in [-0.39, 0.29) is 26.5 Å². The summed E-state index contributed by atoms with van der Waals surface area (Å²) < 4.78 is 8.88. The Morgan fingerprint density at radius 3 is 2.17 bits per heavy atom. The number of hydrogen-bond acceptors (Lipinski definition) is 6. The molecule has 129 valence electrons. The van der Waals surface area contributed by atoms with Crippen molar-refractivity contribution in [2.45, 2.75) is 25.9 Å². The molecule has 0 spiro atoms. The van der Waals surface area contributed by atoms with Crippen molar-refractivity contribution in [1.82, 2.24) is 9.97 Å². The molecule has 1 aromatic heterocycles. The summed E-state index contributed by atoms with van der Waals surface area (Å²) in [5.41, 5.74) is 2.83. The minimum Gasteiger partial charge on any atom is -0.368 e. The topological polar surface area (TPSA) is 84.7 Å². The molecule has 0 amide bonds. The molecule has 0 aliphatic carbocycles. The molecule has 2 unspecified atom stereocenters. The number of nitrogens with zero attached hydrogens (tertiary/aromatic N) is 2. The van der Waals surface area contributed by atoms with E-state index in [9.17, 15) is 0 Å². The summed E-state index contributed by atoms with van der Waals surface area (Å²) >= 11 is 0. The van der Waals surface area contributed by atoms with E-state index in [0.717, 1.165) is 17.0 Å². The zero-order valence-electron chi connectivity index (χ0n) is 13.3. The minimum absolute atomic E-state index is 0. The number of benzene rings is 1. The number of aryl methyl sites for hydroxylation is 1. The van der Waals surface area contributed by atoms with E-state index in [0.29, 0.717) is 0 Å². The SMILES string of the molecule is COC(O)CC(O)OC.Cc1nccnc1-c1[c-]cccc1.[Ir]. The molecule has 23 heavy (non-hydrogen) atoms. The summed E-state index contributed by atoms with van der Waals surface area (Å²) in [5.74, 6) is 0. The summed E-state index contributed by atoms with van der Waals surface area (Å²) in [7, 11) is 2.71. The fourth-order valence-electron chi connectivity index (χ4n) is 1.58. The monoisotopic (exact) mass is 498 g/mol. The van der Waals surface area contributed by atoms with Gasteiger partial charge in [0.1, 0.15) is 0 Å². The second kappa shape index (κ2) is 12.2. The first-order valence-electron chi connectivity index (χ1n) is 6.75. The zero-order chi connectivity index (χ0) is 16.4. The molecule has 0 bridgehead atoms. The number of aromatic nitrogens is 2. The Balaban J connectivity index is 0.000000434. The van der Waals surface area contributed by atoms with E-state index < -0.39 is 12.6 Å². The van der Waals surface area contributed by atoms with E-state index in [4.69, 9.17) is 10.2 Å². The van der Waals surface area contributed by atoms with Crippen LogP contribution in [-0.4, -0.2) is 47.0 Å². The fourth-order valence-corrected chi connectivity index (χ4v) is 1.58. The van der Waals surface area contributed by atoms with Gasteiger partial charge < -0.3 is 24.7 Å². The van der Waals surface area contributed by atoms with Crippen LogP contribution in [0.3, 0.4) is 0 Å². The van der Waals surface area contributed by atoms with Gasteiger partial charge in [-0.25, -0.2) is 0 Å². The van der Waals surface area contributed by atoms with Crippen LogP contribution in [0.15, 0.2) is 36.7 Å². The zero-order valence-corrected chi connectivity index (χ0v) is 15.7. The first-order valence-corrected chi connectivity index (χ1v) is 6.75. The summed E-state index contributed by atoms with van der Waals surface area (Å²) in [4.78, 5) is 8.43. The number of hydrogen-bond donors (Lipinski definition) is 2. The van der Waals surface area contributed by atoms with E-state index in [2.05, 4.69) is 25.5 Å². The number of aliphatic hydroxyl groups is 2. The third kappa shape index (κ3) is 8.27. The van der Waals surface area contributed by atoms with Gasteiger partial charge in [0, 0.05) is 64.5 Å². The molecule has 1 radical (unpaired) electrons. The van der Waals surface area contributed by atoms with E-state index in [1.807, 2.05) is 31.2 Å². The molecule has 2 aromatic rings. The van der Waals surface area contributed by atoms with Gasteiger partial charge in [-0.1, -0.05) is 0 Å². The average molecular weight is 498 g/mol. The van der Waals surface area contributed by atoms with Crippen molar-refractivity contribution >= 4 is 0 Å². The smallest absolute Gasteiger partial charge is 0.158 e. The fraction of sp³-hybridized carbons (Fsp3) is 0.375. The number of methoxy groups -OCH3 is 2. The molecule has 0 saturated heterocycles. The first kappa shape index (κ1) is 21.8. The third-order valence-electron chi connectivity index (χ3n) is 2.79. The van der Waals surface area contributed by atoms with Gasteiger partial charge in [0.25, 0.3) is 0 Å². The standard InChI is InChI=1S/C11H9N2.C5H12O4.Ir/c1-9-11(13-8-7-12-9)10-5-3-2-4-6-10;1-8-4(6)3-5(7)9-2;/h2-5,7-8H,1H3;4-7H,3H2,1-2H3;/q-1;;. The normalized spacial score (nSPS) is 12.4. The van der Waals surface area contributed by atoms with Crippen molar-refractivity contribution in [3.63, 3.8) is 0 Å². The summed E-state index contributed by atoms with van der Waals surface area (Å²) in [6, 6.07) is 10.9. The van der Waals surface area contributed by atoms with Gasteiger partial charge in [-0.3, -0.25) is 4.98 Å². The van der Waals surface area contributed by atoms with Crippen LogP contribution in [0.2, 0.25) is 0 Å². The Bertz CT molecular complexity index is 535. The van der Waals surface area contributed by atoms with Gasteiger partial charge in [0.2, 0.25) is 0 Å². The van der Waals surface area contributed by atoms with Crippen LogP contribution in [0.5, 0.6) is 0 Å². The Labute approximate surface area is 149 Å². The van der Waals surface area contributed by atoms with Crippen molar-refractivity contribution in [1.29, 1.82) is 0 Å². The third-order valence-corrected chi connectivity index (χ3v) is 2.79. The second-order valence-electron chi connectivity index (χ2n) is 4.38. The summed E-state index contributed by atoms with van der Waals surface area (Å²) in [6.07, 6.45) is 1.58. The summed E-state index contributed by atoms with van der Waals surface area (Å²) in [5, 5.41) is 17.4. The average Bonchev–Trinajstić information content (AvgIpc) is 2.56. The maximum atomic E-state index is 8.70. The number of ether oxygens (including phenoxy) is 2. The molecule has 2 rings (SSSR count). The van der Waals surface area contributed by atoms with Crippen molar-refractivity contribution in [3.05, 3.63) is 48.4 Å². The van der Waals surface area contributed by atoms with Gasteiger partial charge in [0.05, 0.1) is 0 Å². The van der Waals surface area contributed by atoms with Crippen LogP contribution in [0.4, 0.5) is 0 Å². The van der Waals surface area contributed by atoms with Gasteiger partial charge >= 0.3 is 0 Å². The van der Waals surface area contributed by atoms with Crippen LogP contribution >= 0.6 is 0 Å². The van der Waals surface area contributed by atoms with Crippen LogP contribution in [0, 0.1) is 13.0 Å². The van der Waals surface area contributed by atoms with E-state index in [1.54, 1.807) is 12.4 Å². The Hall–Kier alpha value is -1.21. The van der Waals surface area contributed by atoms with Gasteiger partial charge in [-0.05, 0) is 6.92 Å². The molecule has 1 aromatic carbocycles. The first-order chi connectivity index (χ1) is 10.6. The van der Waals surface area contributed by atoms with Gasteiger partial charge in [0.15, 0.2) is 12.6 Å². The minimum atomic E-state index is -0.944. The van der Waals surface area contributed by atoms with E-state index >= 15 is 0 Å². The van der Waals surface area contributed by atoms with Gasteiger partial charge in [-0.2, -0.15) is 0 Å². The largest absolute Gasteiger partial charge is 0.368 e. The molecule has 0 saturated carbocycles. The van der Waals surface area contributed by atoms with Crippen molar-refractivity contribution < 1.29 is 39.8 Å². The Morgan fingerprint density at radius 2 is 1.70 bits per heavy atom. The predicted octanol–water partition coefficient (Wildman–Crippen LogP) is 1.56. The molecule has 7 heteroatoms. The van der Waals surface area contributed by atoms with Crippen molar-refractivity contribution in [2.24, 2.45) is 0 Å². The Morgan fingerprint density at radius 1 is 1.09 bits per heavy atom. The number of rotatable bonds is 5. The number of aliphatic hydroxyl groups excluding tert-OH is 2. The summed E-state index contributed by atoms with van der Waals surface area (Å²) in [6.45, 7) is 1.95. The second-order valence-corrected chi connectivity index (χ2v) is 4.38. The van der Waals surface area contributed by atoms with Gasteiger partial charge in [-0.15, -0.1) is 35.9 Å². The molecular weight excluding hydrogens is 476 g/mol. The molecule has 0 aliphatic rings. The predicted molar refractivity (Wildman–Crippen MR) is 81.7 cm³/mol. The van der Waals surface area contributed by atoms with Crippen molar-refractivity contribution in [3.8, 4) is 11.3 Å². The quantitative estimate of drug-likeness (QED) is 0.482. The van der Waals surface area contributed by atoms with E-state index in [1.165, 1.54) is 14.2 Å². The Kier molecular flexibility index (Phi) is 11.6. The van der Waals surface area contributed by atoms with Crippen LogP contribution < -0.4 is 0 Å². The molecule has 2 N–H and O–H groups in total.